The normalized spacial score (nSPS) is 25.3. The molecule has 1 aliphatic heterocycles. The van der Waals surface area contributed by atoms with Gasteiger partial charge in [-0.05, 0) is 18.3 Å². The van der Waals surface area contributed by atoms with Gasteiger partial charge >= 0.3 is 0 Å². The van der Waals surface area contributed by atoms with E-state index in [2.05, 4.69) is 24.0 Å². The molecule has 5 nitrogen and oxygen atoms in total. The van der Waals surface area contributed by atoms with E-state index in [-0.39, 0.29) is 6.10 Å². The highest BCUT2D eigenvalue weighted by molar-refractivity contribution is 5.19. The first-order valence-corrected chi connectivity index (χ1v) is 5.32. The molecule has 2 heterocycles. The lowest BCUT2D eigenvalue weighted by atomic mass is 9.85. The molecule has 1 fully saturated rings. The second kappa shape index (κ2) is 3.81. The summed E-state index contributed by atoms with van der Waals surface area (Å²) in [7, 11) is 0. The third kappa shape index (κ3) is 2.68. The van der Waals surface area contributed by atoms with Crippen LogP contribution in [0.3, 0.4) is 0 Å². The van der Waals surface area contributed by atoms with Crippen LogP contribution in [0.15, 0.2) is 6.20 Å². The molecule has 0 saturated carbocycles. The Morgan fingerprint density at radius 1 is 1.67 bits per heavy atom. The molecule has 0 bridgehead atoms. The highest BCUT2D eigenvalue weighted by Crippen LogP contribution is 2.30. The van der Waals surface area contributed by atoms with E-state index in [0.29, 0.717) is 17.8 Å². The van der Waals surface area contributed by atoms with Crippen molar-refractivity contribution >= 4 is 5.82 Å². The Labute approximate surface area is 89.6 Å². The zero-order chi connectivity index (χ0) is 10.9. The second-order valence-corrected chi connectivity index (χ2v) is 4.96. The summed E-state index contributed by atoms with van der Waals surface area (Å²) in [4.78, 5) is 1.61. The minimum Gasteiger partial charge on any atom is -0.381 e. The van der Waals surface area contributed by atoms with Gasteiger partial charge in [-0.2, -0.15) is 9.90 Å². The molecule has 1 aliphatic rings. The van der Waals surface area contributed by atoms with Crippen LogP contribution in [-0.2, 0) is 11.3 Å². The largest absolute Gasteiger partial charge is 0.381 e. The van der Waals surface area contributed by atoms with Gasteiger partial charge in [-0.25, -0.2) is 0 Å². The number of hydrogen-bond donors (Lipinski definition) is 1. The molecule has 0 radical (unpaired) electrons. The van der Waals surface area contributed by atoms with E-state index >= 15 is 0 Å². The monoisotopic (exact) mass is 210 g/mol. The fourth-order valence-corrected chi connectivity index (χ4v) is 1.78. The summed E-state index contributed by atoms with van der Waals surface area (Å²) >= 11 is 0. The molecular weight excluding hydrogens is 192 g/mol. The van der Waals surface area contributed by atoms with Crippen LogP contribution in [0.2, 0.25) is 0 Å². The van der Waals surface area contributed by atoms with Crippen LogP contribution in [-0.4, -0.2) is 27.7 Å². The van der Waals surface area contributed by atoms with Crippen molar-refractivity contribution in [3.05, 3.63) is 6.20 Å². The molecule has 1 unspecified atom stereocenters. The topological polar surface area (TPSA) is 66.0 Å². The Morgan fingerprint density at radius 2 is 2.47 bits per heavy atom. The molecule has 15 heavy (non-hydrogen) atoms. The summed E-state index contributed by atoms with van der Waals surface area (Å²) in [6.07, 6.45) is 4.04. The van der Waals surface area contributed by atoms with Gasteiger partial charge in [0.2, 0.25) is 0 Å². The molecule has 1 aromatic rings. The molecule has 0 amide bonds. The molecule has 1 saturated heterocycles. The molecule has 2 N–H and O–H groups in total. The molecule has 0 aliphatic carbocycles. The predicted molar refractivity (Wildman–Crippen MR) is 57.2 cm³/mol. The van der Waals surface area contributed by atoms with E-state index in [9.17, 15) is 0 Å². The molecule has 0 aromatic carbocycles. The van der Waals surface area contributed by atoms with Crippen molar-refractivity contribution < 1.29 is 4.74 Å². The first-order chi connectivity index (χ1) is 7.05. The lowest BCUT2D eigenvalue weighted by Gasteiger charge is -2.34. The van der Waals surface area contributed by atoms with Crippen molar-refractivity contribution in [1.82, 2.24) is 15.0 Å². The van der Waals surface area contributed by atoms with Crippen LogP contribution in [0.4, 0.5) is 5.82 Å². The van der Waals surface area contributed by atoms with Gasteiger partial charge in [0.25, 0.3) is 0 Å². The van der Waals surface area contributed by atoms with E-state index in [0.717, 1.165) is 13.0 Å². The summed E-state index contributed by atoms with van der Waals surface area (Å²) in [5.41, 5.74) is 5.80. The van der Waals surface area contributed by atoms with Crippen molar-refractivity contribution in [2.45, 2.75) is 39.3 Å². The van der Waals surface area contributed by atoms with Gasteiger partial charge in [0, 0.05) is 0 Å². The number of anilines is 1. The third-order valence-electron chi connectivity index (χ3n) is 2.77. The smallest absolute Gasteiger partial charge is 0.165 e. The molecular formula is C10H18N4O. The maximum atomic E-state index is 5.76. The van der Waals surface area contributed by atoms with Gasteiger partial charge in [-0.15, -0.1) is 5.10 Å². The number of nitrogen functional groups attached to an aromatic ring is 1. The molecule has 84 valence electrons. The number of ether oxygens (including phenoxy) is 1. The van der Waals surface area contributed by atoms with Gasteiger partial charge in [-0.3, -0.25) is 0 Å². The Kier molecular flexibility index (Phi) is 2.65. The van der Waals surface area contributed by atoms with Crippen molar-refractivity contribution in [2.24, 2.45) is 5.41 Å². The number of nitrogens with two attached hydrogens (primary N) is 1. The minimum atomic E-state index is 0.227. The van der Waals surface area contributed by atoms with Crippen LogP contribution in [0.5, 0.6) is 0 Å². The average molecular weight is 210 g/mol. The standard InChI is InChI=1S/C10H18N4O/c1-10(2)4-3-8(15-7-10)6-14-12-5-9(11)13-14/h5,8H,3-4,6-7H2,1-2H3,(H2,11,13). The third-order valence-corrected chi connectivity index (χ3v) is 2.77. The van der Waals surface area contributed by atoms with Crippen LogP contribution in [0, 0.1) is 5.41 Å². The SMILES string of the molecule is CC1(C)CCC(Cn2ncc(N)n2)OC1. The van der Waals surface area contributed by atoms with Gasteiger partial charge in [0.05, 0.1) is 25.5 Å². The number of rotatable bonds is 2. The fraction of sp³-hybridized carbons (Fsp3) is 0.800. The number of hydrogen-bond acceptors (Lipinski definition) is 4. The maximum Gasteiger partial charge on any atom is 0.165 e. The van der Waals surface area contributed by atoms with Crippen molar-refractivity contribution in [3.8, 4) is 0 Å². The molecule has 0 spiro atoms. The van der Waals surface area contributed by atoms with Crippen LogP contribution >= 0.6 is 0 Å². The van der Waals surface area contributed by atoms with Crippen molar-refractivity contribution in [1.29, 1.82) is 0 Å². The summed E-state index contributed by atoms with van der Waals surface area (Å²) in [6.45, 7) is 5.97. The van der Waals surface area contributed by atoms with Crippen LogP contribution < -0.4 is 5.73 Å². The van der Waals surface area contributed by atoms with E-state index in [1.165, 1.54) is 6.42 Å². The first-order valence-electron chi connectivity index (χ1n) is 5.32. The average Bonchev–Trinajstić information content (AvgIpc) is 2.55. The minimum absolute atomic E-state index is 0.227. The van der Waals surface area contributed by atoms with Gasteiger partial charge < -0.3 is 10.5 Å². The quantitative estimate of drug-likeness (QED) is 0.792. The fourth-order valence-electron chi connectivity index (χ4n) is 1.78. The first kappa shape index (κ1) is 10.4. The molecule has 2 rings (SSSR count). The van der Waals surface area contributed by atoms with Gasteiger partial charge in [-0.1, -0.05) is 13.8 Å². The molecule has 1 atom stereocenters. The van der Waals surface area contributed by atoms with Crippen molar-refractivity contribution in [3.63, 3.8) is 0 Å². The molecule has 5 heteroatoms. The summed E-state index contributed by atoms with van der Waals surface area (Å²) in [6, 6.07) is 0. The number of nitrogens with zero attached hydrogens (tertiary/aromatic N) is 3. The summed E-state index contributed by atoms with van der Waals surface area (Å²) in [5, 5.41) is 8.09. The lowest BCUT2D eigenvalue weighted by Crippen LogP contribution is -2.34. The zero-order valence-corrected chi connectivity index (χ0v) is 9.31. The summed E-state index contributed by atoms with van der Waals surface area (Å²) in [5.74, 6) is 0.464. The molecule has 1 aromatic heterocycles. The Morgan fingerprint density at radius 3 is 3.00 bits per heavy atom. The number of aromatic nitrogens is 3. The van der Waals surface area contributed by atoms with Crippen LogP contribution in [0.1, 0.15) is 26.7 Å². The summed E-state index contributed by atoms with van der Waals surface area (Å²) < 4.78 is 5.76. The zero-order valence-electron chi connectivity index (χ0n) is 9.31. The highest BCUT2D eigenvalue weighted by Gasteiger charge is 2.27. The van der Waals surface area contributed by atoms with E-state index in [1.54, 1.807) is 11.0 Å². The Hall–Kier alpha value is -1.10. The maximum absolute atomic E-state index is 5.76. The highest BCUT2D eigenvalue weighted by atomic mass is 16.5. The second-order valence-electron chi connectivity index (χ2n) is 4.96. The predicted octanol–water partition coefficient (Wildman–Crippen LogP) is 1.07. The van der Waals surface area contributed by atoms with Crippen molar-refractivity contribution in [2.75, 3.05) is 12.3 Å². The van der Waals surface area contributed by atoms with Crippen LogP contribution in [0.25, 0.3) is 0 Å². The lowest BCUT2D eigenvalue weighted by molar-refractivity contribution is -0.0576. The Bertz CT molecular complexity index is 324. The van der Waals surface area contributed by atoms with E-state index in [1.807, 2.05) is 0 Å². The van der Waals surface area contributed by atoms with E-state index < -0.39 is 0 Å². The Balaban J connectivity index is 1.87. The van der Waals surface area contributed by atoms with Gasteiger partial charge in [0.15, 0.2) is 5.82 Å². The van der Waals surface area contributed by atoms with Gasteiger partial charge in [0.1, 0.15) is 0 Å². The van der Waals surface area contributed by atoms with E-state index in [4.69, 9.17) is 10.5 Å².